The summed E-state index contributed by atoms with van der Waals surface area (Å²) in [5.74, 6) is -2.86. The molecule has 206 valence electrons. The molecule has 0 aliphatic carbocycles. The maximum Gasteiger partial charge on any atom is 0.320 e. The topological polar surface area (TPSA) is 110 Å². The highest BCUT2D eigenvalue weighted by atomic mass is 19.2. The molecule has 0 saturated carbocycles. The third-order valence-electron chi connectivity index (χ3n) is 6.51. The van der Waals surface area contributed by atoms with Gasteiger partial charge >= 0.3 is 5.97 Å². The van der Waals surface area contributed by atoms with Crippen LogP contribution in [-0.4, -0.2) is 38.9 Å². The van der Waals surface area contributed by atoms with E-state index in [9.17, 15) is 18.4 Å². The van der Waals surface area contributed by atoms with Gasteiger partial charge in [-0.15, -0.1) is 0 Å². The predicted octanol–water partition coefficient (Wildman–Crippen LogP) is 4.74. The maximum atomic E-state index is 14.4. The number of benzene rings is 3. The molecule has 2 heterocycles. The van der Waals surface area contributed by atoms with E-state index in [4.69, 9.17) is 10.5 Å². The van der Waals surface area contributed by atoms with Crippen molar-refractivity contribution in [3.63, 3.8) is 0 Å². The van der Waals surface area contributed by atoms with Gasteiger partial charge in [-0.1, -0.05) is 30.3 Å². The fourth-order valence-corrected chi connectivity index (χ4v) is 4.78. The number of hydrogen-bond donors (Lipinski definition) is 2. The summed E-state index contributed by atoms with van der Waals surface area (Å²) in [5, 5.41) is 3.37. The number of carbonyl (C=O) groups is 2. The Morgan fingerprint density at radius 1 is 1.00 bits per heavy atom. The van der Waals surface area contributed by atoms with E-state index < -0.39 is 23.2 Å². The number of amides is 1. The Morgan fingerprint density at radius 3 is 2.35 bits per heavy atom. The SMILES string of the molecule is CC(C)(C)OC(=O)CNCc1cc(F)c(F)cc1-c1ccc2nc(N)nc(C(=O)N3Cc4ccccc4C3)c2c1. The second kappa shape index (κ2) is 10.6. The molecule has 1 aromatic heterocycles. The number of aromatic nitrogens is 2. The highest BCUT2D eigenvalue weighted by Gasteiger charge is 2.27. The zero-order valence-corrected chi connectivity index (χ0v) is 22.4. The van der Waals surface area contributed by atoms with Crippen molar-refractivity contribution >= 4 is 28.7 Å². The molecule has 10 heteroatoms. The number of nitrogens with two attached hydrogens (primary N) is 1. The van der Waals surface area contributed by atoms with Crippen LogP contribution in [0.25, 0.3) is 22.0 Å². The van der Waals surface area contributed by atoms with Crippen LogP contribution in [0, 0.1) is 11.6 Å². The van der Waals surface area contributed by atoms with Crippen molar-refractivity contribution in [2.24, 2.45) is 0 Å². The fraction of sp³-hybridized carbons (Fsp3) is 0.267. The summed E-state index contributed by atoms with van der Waals surface area (Å²) < 4.78 is 34.0. The molecule has 4 aromatic rings. The average Bonchev–Trinajstić information content (AvgIpc) is 3.33. The van der Waals surface area contributed by atoms with E-state index in [1.165, 1.54) is 0 Å². The lowest BCUT2D eigenvalue weighted by molar-refractivity contribution is -0.153. The number of nitrogen functional groups attached to an aromatic ring is 1. The summed E-state index contributed by atoms with van der Waals surface area (Å²) in [6.45, 7) is 6.12. The zero-order valence-electron chi connectivity index (χ0n) is 22.4. The highest BCUT2D eigenvalue weighted by Crippen LogP contribution is 2.32. The molecule has 0 saturated heterocycles. The Hall–Kier alpha value is -4.44. The quantitative estimate of drug-likeness (QED) is 0.337. The summed E-state index contributed by atoms with van der Waals surface area (Å²) in [5.41, 5.74) is 9.33. The molecule has 0 fully saturated rings. The standard InChI is InChI=1S/C30H29F2N5O3/c1-30(2,3)40-26(38)14-34-13-20-11-23(31)24(32)12-21(20)17-8-9-25-22(10-17)27(36-29(33)35-25)28(39)37-15-18-6-4-5-7-19(18)16-37/h4-12,34H,13-16H2,1-3H3,(H2,33,35,36). The van der Waals surface area contributed by atoms with E-state index in [0.29, 0.717) is 40.7 Å². The Kier molecular flexibility index (Phi) is 7.20. The van der Waals surface area contributed by atoms with E-state index in [-0.39, 0.29) is 30.6 Å². The van der Waals surface area contributed by atoms with Gasteiger partial charge in [-0.3, -0.25) is 9.59 Å². The molecule has 3 N–H and O–H groups in total. The van der Waals surface area contributed by atoms with E-state index in [1.54, 1.807) is 43.9 Å². The van der Waals surface area contributed by atoms with Crippen molar-refractivity contribution in [3.8, 4) is 11.1 Å². The minimum atomic E-state index is -1.02. The van der Waals surface area contributed by atoms with Gasteiger partial charge < -0.3 is 20.7 Å². The maximum absolute atomic E-state index is 14.4. The van der Waals surface area contributed by atoms with Crippen LogP contribution in [0.2, 0.25) is 0 Å². The van der Waals surface area contributed by atoms with Gasteiger partial charge in [0, 0.05) is 25.0 Å². The number of carbonyl (C=O) groups excluding carboxylic acids is 2. The van der Waals surface area contributed by atoms with Crippen LogP contribution in [0.4, 0.5) is 14.7 Å². The number of hydrogen-bond acceptors (Lipinski definition) is 7. The van der Waals surface area contributed by atoms with Gasteiger partial charge in [0.15, 0.2) is 11.6 Å². The Labute approximate surface area is 230 Å². The van der Waals surface area contributed by atoms with Crippen LogP contribution < -0.4 is 11.1 Å². The van der Waals surface area contributed by atoms with Crippen LogP contribution >= 0.6 is 0 Å². The fourth-order valence-electron chi connectivity index (χ4n) is 4.78. The molecular formula is C30H29F2N5O3. The summed E-state index contributed by atoms with van der Waals surface area (Å²) in [7, 11) is 0. The molecule has 0 spiro atoms. The minimum absolute atomic E-state index is 0.0415. The van der Waals surface area contributed by atoms with Crippen LogP contribution in [0.5, 0.6) is 0 Å². The molecule has 0 bridgehead atoms. The first-order chi connectivity index (χ1) is 19.0. The van der Waals surface area contributed by atoms with Gasteiger partial charge in [-0.2, -0.15) is 0 Å². The van der Waals surface area contributed by atoms with Crippen molar-refractivity contribution in [1.82, 2.24) is 20.2 Å². The van der Waals surface area contributed by atoms with E-state index in [1.807, 2.05) is 24.3 Å². The minimum Gasteiger partial charge on any atom is -0.459 e. The summed E-state index contributed by atoms with van der Waals surface area (Å²) >= 11 is 0. The van der Waals surface area contributed by atoms with Gasteiger partial charge in [-0.05, 0) is 72.9 Å². The number of nitrogens with one attached hydrogen (secondary N) is 1. The molecule has 40 heavy (non-hydrogen) atoms. The first kappa shape index (κ1) is 27.1. The van der Waals surface area contributed by atoms with Gasteiger partial charge in [0.2, 0.25) is 5.95 Å². The van der Waals surface area contributed by atoms with Crippen LogP contribution in [-0.2, 0) is 29.2 Å². The summed E-state index contributed by atoms with van der Waals surface area (Å²) in [6, 6.07) is 15.0. The third kappa shape index (κ3) is 5.76. The van der Waals surface area contributed by atoms with Crippen LogP contribution in [0.15, 0.2) is 54.6 Å². The lowest BCUT2D eigenvalue weighted by atomic mass is 9.97. The summed E-state index contributed by atoms with van der Waals surface area (Å²) in [4.78, 5) is 35.9. The molecule has 3 aromatic carbocycles. The van der Waals surface area contributed by atoms with E-state index in [2.05, 4.69) is 15.3 Å². The Bertz CT molecular complexity index is 1610. The van der Waals surface area contributed by atoms with E-state index >= 15 is 0 Å². The largest absolute Gasteiger partial charge is 0.459 e. The molecule has 0 unspecified atom stereocenters. The van der Waals surface area contributed by atoms with Gasteiger partial charge in [0.1, 0.15) is 11.3 Å². The van der Waals surface area contributed by atoms with Gasteiger partial charge in [0.25, 0.3) is 5.91 Å². The average molecular weight is 546 g/mol. The zero-order chi connectivity index (χ0) is 28.6. The lowest BCUT2D eigenvalue weighted by Crippen LogP contribution is -2.31. The van der Waals surface area contributed by atoms with E-state index in [0.717, 1.165) is 23.3 Å². The Morgan fingerprint density at radius 2 is 1.68 bits per heavy atom. The number of nitrogens with zero attached hydrogens (tertiary/aromatic N) is 3. The molecule has 1 aliphatic heterocycles. The number of anilines is 1. The molecule has 1 aliphatic rings. The van der Waals surface area contributed by atoms with Gasteiger partial charge in [0.05, 0.1) is 12.1 Å². The highest BCUT2D eigenvalue weighted by molar-refractivity contribution is 6.06. The molecule has 8 nitrogen and oxygen atoms in total. The third-order valence-corrected chi connectivity index (χ3v) is 6.51. The molecular weight excluding hydrogens is 516 g/mol. The number of rotatable bonds is 6. The normalized spacial score (nSPS) is 13.0. The second-order valence-electron chi connectivity index (χ2n) is 10.7. The molecule has 0 atom stereocenters. The molecule has 1 amide bonds. The smallest absolute Gasteiger partial charge is 0.320 e. The number of fused-ring (bicyclic) bond motifs is 2. The molecule has 5 rings (SSSR count). The first-order valence-corrected chi connectivity index (χ1v) is 12.8. The first-order valence-electron chi connectivity index (χ1n) is 12.8. The number of ether oxygens (including phenoxy) is 1. The van der Waals surface area contributed by atoms with Crippen molar-refractivity contribution in [3.05, 3.63) is 88.6 Å². The summed E-state index contributed by atoms with van der Waals surface area (Å²) in [6.07, 6.45) is 0. The lowest BCUT2D eigenvalue weighted by Gasteiger charge is -2.20. The number of esters is 1. The van der Waals surface area contributed by atoms with Crippen molar-refractivity contribution in [1.29, 1.82) is 0 Å². The van der Waals surface area contributed by atoms with Crippen molar-refractivity contribution < 1.29 is 23.1 Å². The molecule has 0 radical (unpaired) electrons. The van der Waals surface area contributed by atoms with Crippen molar-refractivity contribution in [2.45, 2.75) is 46.0 Å². The Balaban J connectivity index is 1.48. The number of halogens is 2. The van der Waals surface area contributed by atoms with Crippen LogP contribution in [0.1, 0.15) is 48.0 Å². The monoisotopic (exact) mass is 545 g/mol. The van der Waals surface area contributed by atoms with Gasteiger partial charge in [-0.25, -0.2) is 18.7 Å². The van der Waals surface area contributed by atoms with Crippen molar-refractivity contribution in [2.75, 3.05) is 12.3 Å². The second-order valence-corrected chi connectivity index (χ2v) is 10.7. The predicted molar refractivity (Wildman–Crippen MR) is 147 cm³/mol. The van der Waals surface area contributed by atoms with Crippen LogP contribution in [0.3, 0.4) is 0 Å².